The zero-order chi connectivity index (χ0) is 28.0. The molecule has 0 amide bonds. The minimum atomic E-state index is 0.479. The van der Waals surface area contributed by atoms with Crippen LogP contribution >= 0.6 is 0 Å². The van der Waals surface area contributed by atoms with E-state index in [0.717, 1.165) is 83.8 Å². The van der Waals surface area contributed by atoms with Crippen LogP contribution in [0, 0.1) is 40.9 Å². The summed E-state index contributed by atoms with van der Waals surface area (Å²) < 4.78 is 0. The van der Waals surface area contributed by atoms with E-state index in [1.807, 2.05) is 0 Å². The first kappa shape index (κ1) is 28.1. The van der Waals surface area contributed by atoms with E-state index < -0.39 is 0 Å². The van der Waals surface area contributed by atoms with E-state index in [2.05, 4.69) is 29.0 Å². The molecule has 236 valence electrons. The van der Waals surface area contributed by atoms with Crippen LogP contribution in [0.3, 0.4) is 0 Å². The largest absolute Gasteiger partial charge is 0.311 e. The number of likely N-dealkylation sites (tertiary alicyclic amines) is 2. The van der Waals surface area contributed by atoms with Crippen molar-refractivity contribution in [3.05, 3.63) is 0 Å². The molecule has 3 nitrogen and oxygen atoms in total. The molecule has 0 aromatic carbocycles. The monoisotopic (exact) mass is 576 g/mol. The molecule has 1 N–H and O–H groups in total. The Labute approximate surface area is 259 Å². The van der Waals surface area contributed by atoms with Crippen molar-refractivity contribution in [3.8, 4) is 0 Å². The van der Waals surface area contributed by atoms with Gasteiger partial charge in [-0.25, -0.2) is 0 Å². The molecule has 3 aliphatic heterocycles. The van der Waals surface area contributed by atoms with E-state index in [1.54, 1.807) is 25.7 Å². The first-order valence-corrected chi connectivity index (χ1v) is 19.9. The van der Waals surface area contributed by atoms with Crippen molar-refractivity contribution in [2.45, 2.75) is 203 Å². The van der Waals surface area contributed by atoms with Crippen molar-refractivity contribution < 1.29 is 0 Å². The lowest BCUT2D eigenvalue weighted by molar-refractivity contribution is -0.0804. The van der Waals surface area contributed by atoms with Crippen molar-refractivity contribution in [3.63, 3.8) is 0 Å². The fourth-order valence-corrected chi connectivity index (χ4v) is 15.0. The minimum absolute atomic E-state index is 0.479. The lowest BCUT2D eigenvalue weighted by atomic mass is 9.54. The maximum Gasteiger partial charge on any atom is 0.0133 e. The molecular formula is C39H65N3. The second kappa shape index (κ2) is 11.0. The Morgan fingerprint density at radius 2 is 0.762 bits per heavy atom. The second-order valence-electron chi connectivity index (χ2n) is 18.3. The molecule has 14 atom stereocenters. The molecule has 0 aromatic heterocycles. The van der Waals surface area contributed by atoms with Crippen LogP contribution in [-0.4, -0.2) is 58.1 Å². The number of hydrogen-bond acceptors (Lipinski definition) is 3. The molecule has 9 fully saturated rings. The Morgan fingerprint density at radius 1 is 0.429 bits per heavy atom. The minimum Gasteiger partial charge on any atom is -0.311 e. The Balaban J connectivity index is 0.952. The summed E-state index contributed by atoms with van der Waals surface area (Å²) in [6.45, 7) is 5.56. The van der Waals surface area contributed by atoms with Gasteiger partial charge in [0.05, 0.1) is 0 Å². The Bertz CT molecular complexity index is 859. The van der Waals surface area contributed by atoms with Gasteiger partial charge in [-0.05, 0) is 131 Å². The summed E-state index contributed by atoms with van der Waals surface area (Å²) in [7, 11) is 0. The highest BCUT2D eigenvalue weighted by molar-refractivity contribution is 5.13. The number of fused-ring (bicyclic) bond motifs is 8. The molecule has 9 aliphatic rings. The summed E-state index contributed by atoms with van der Waals surface area (Å²) in [6, 6.07) is 7.13. The Kier molecular flexibility index (Phi) is 7.37. The molecule has 6 aliphatic carbocycles. The molecule has 0 bridgehead atoms. The highest BCUT2D eigenvalue weighted by atomic mass is 15.3. The summed E-state index contributed by atoms with van der Waals surface area (Å²) in [5, 5.41) is 4.42. The smallest absolute Gasteiger partial charge is 0.0133 e. The van der Waals surface area contributed by atoms with E-state index in [-0.39, 0.29) is 0 Å². The number of nitrogens with one attached hydrogen (secondary N) is 1. The van der Waals surface area contributed by atoms with E-state index >= 15 is 0 Å². The third kappa shape index (κ3) is 4.34. The first-order chi connectivity index (χ1) is 20.6. The third-order valence-electron chi connectivity index (χ3n) is 16.6. The SMILES string of the molecule is CC1(C)C2CC(N3C4CCCCC4C4CCCCC43)CCC2NC2CCC(N3C4CCCCC4C4CCCCC43)CC21. The summed E-state index contributed by atoms with van der Waals surface area (Å²) in [6.07, 6.45) is 33.3. The number of nitrogens with zero attached hydrogens (tertiary/aromatic N) is 2. The van der Waals surface area contributed by atoms with Gasteiger partial charge in [-0.1, -0.05) is 65.2 Å². The van der Waals surface area contributed by atoms with E-state index in [4.69, 9.17) is 0 Å². The van der Waals surface area contributed by atoms with Crippen LogP contribution in [0.2, 0.25) is 0 Å². The van der Waals surface area contributed by atoms with Gasteiger partial charge < -0.3 is 5.32 Å². The van der Waals surface area contributed by atoms with Crippen LogP contribution in [0.5, 0.6) is 0 Å². The molecule has 0 radical (unpaired) electrons. The molecule has 3 heteroatoms. The molecule has 3 saturated heterocycles. The Morgan fingerprint density at radius 3 is 1.12 bits per heavy atom. The lowest BCUT2D eigenvalue weighted by Crippen LogP contribution is -2.66. The zero-order valence-electron chi connectivity index (χ0n) is 27.5. The van der Waals surface area contributed by atoms with E-state index in [0.29, 0.717) is 5.41 Å². The topological polar surface area (TPSA) is 18.5 Å². The van der Waals surface area contributed by atoms with Crippen LogP contribution in [0.15, 0.2) is 0 Å². The highest BCUT2D eigenvalue weighted by Crippen LogP contribution is 2.58. The van der Waals surface area contributed by atoms with Gasteiger partial charge in [0, 0.05) is 48.3 Å². The zero-order valence-corrected chi connectivity index (χ0v) is 27.5. The van der Waals surface area contributed by atoms with Crippen LogP contribution in [0.1, 0.15) is 155 Å². The highest BCUT2D eigenvalue weighted by Gasteiger charge is 2.59. The number of rotatable bonds is 2. The van der Waals surface area contributed by atoms with Gasteiger partial charge in [0.25, 0.3) is 0 Å². The van der Waals surface area contributed by atoms with Gasteiger partial charge in [0.15, 0.2) is 0 Å². The summed E-state index contributed by atoms with van der Waals surface area (Å²) in [5.41, 5.74) is 0.479. The average molecular weight is 576 g/mol. The maximum atomic E-state index is 4.42. The van der Waals surface area contributed by atoms with Crippen molar-refractivity contribution in [1.82, 2.24) is 15.1 Å². The average Bonchev–Trinajstić information content (AvgIpc) is 3.54. The van der Waals surface area contributed by atoms with Gasteiger partial charge >= 0.3 is 0 Å². The molecule has 9 rings (SSSR count). The number of piperidine rings is 1. The fourth-order valence-electron chi connectivity index (χ4n) is 15.0. The van der Waals surface area contributed by atoms with Gasteiger partial charge in [-0.3, -0.25) is 9.80 Å². The third-order valence-corrected chi connectivity index (χ3v) is 16.6. The lowest BCUT2D eigenvalue weighted by Gasteiger charge is -2.60. The summed E-state index contributed by atoms with van der Waals surface area (Å²) in [5.74, 6) is 5.96. The van der Waals surface area contributed by atoms with Gasteiger partial charge in [-0.15, -0.1) is 0 Å². The predicted octanol–water partition coefficient (Wildman–Crippen LogP) is 8.56. The molecule has 0 spiro atoms. The van der Waals surface area contributed by atoms with Crippen LogP contribution in [0.25, 0.3) is 0 Å². The van der Waals surface area contributed by atoms with Gasteiger partial charge in [0.2, 0.25) is 0 Å². The van der Waals surface area contributed by atoms with Crippen LogP contribution in [0.4, 0.5) is 0 Å². The van der Waals surface area contributed by atoms with Crippen LogP contribution < -0.4 is 5.32 Å². The van der Waals surface area contributed by atoms with Crippen molar-refractivity contribution in [2.24, 2.45) is 40.9 Å². The standard InChI is InChI=1S/C39H65N3/c1-39(2)31-23-25(41-35-15-7-3-11-27(35)28-12-4-8-16-36(28)41)19-21-33(31)40-34-22-20-26(24-32(34)39)42-37-17-9-5-13-29(37)30-14-6-10-18-38(30)42/h25-38,40H,3-24H2,1-2H3. The normalized spacial score (nSPS) is 54.1. The fraction of sp³-hybridized carbons (Fsp3) is 1.00. The van der Waals surface area contributed by atoms with Crippen LogP contribution in [-0.2, 0) is 0 Å². The molecule has 6 saturated carbocycles. The molecule has 42 heavy (non-hydrogen) atoms. The molecule has 14 unspecified atom stereocenters. The van der Waals surface area contributed by atoms with Gasteiger partial charge in [-0.2, -0.15) is 0 Å². The van der Waals surface area contributed by atoms with E-state index in [9.17, 15) is 0 Å². The summed E-state index contributed by atoms with van der Waals surface area (Å²) >= 11 is 0. The van der Waals surface area contributed by atoms with Crippen molar-refractivity contribution in [1.29, 1.82) is 0 Å². The molecule has 3 heterocycles. The molecular weight excluding hydrogens is 510 g/mol. The maximum absolute atomic E-state index is 4.42. The van der Waals surface area contributed by atoms with Crippen molar-refractivity contribution in [2.75, 3.05) is 0 Å². The quantitative estimate of drug-likeness (QED) is 0.356. The van der Waals surface area contributed by atoms with Gasteiger partial charge in [0.1, 0.15) is 0 Å². The number of hydrogen-bond donors (Lipinski definition) is 1. The molecule has 0 aromatic rings. The summed E-state index contributed by atoms with van der Waals surface area (Å²) in [4.78, 5) is 6.54. The second-order valence-corrected chi connectivity index (χ2v) is 18.3. The van der Waals surface area contributed by atoms with Crippen molar-refractivity contribution >= 4 is 0 Å². The first-order valence-electron chi connectivity index (χ1n) is 19.9. The van der Waals surface area contributed by atoms with E-state index in [1.165, 1.54) is 116 Å². The Hall–Kier alpha value is -0.120. The predicted molar refractivity (Wildman–Crippen MR) is 173 cm³/mol.